The monoisotopic (exact) mass is 441 g/mol. The lowest BCUT2D eigenvalue weighted by molar-refractivity contribution is -0.138. The van der Waals surface area contributed by atoms with Gasteiger partial charge in [0, 0.05) is 24.6 Å². The van der Waals surface area contributed by atoms with Gasteiger partial charge >= 0.3 is 6.18 Å². The second-order valence-corrected chi connectivity index (χ2v) is 7.44. The second kappa shape index (κ2) is 6.71. The fraction of sp³-hybridized carbons (Fsp3) is 0.286. The Morgan fingerprint density at radius 2 is 1.95 bits per heavy atom. The van der Waals surface area contributed by atoms with E-state index in [-0.39, 0.29) is 10.9 Å². The molecule has 7 heteroatoms. The largest absolute Gasteiger partial charge is 0.416 e. The summed E-state index contributed by atoms with van der Waals surface area (Å²) in [5, 5.41) is 2.17. The highest BCUT2D eigenvalue weighted by Crippen LogP contribution is 2.35. The third kappa shape index (κ3) is 4.23. The van der Waals surface area contributed by atoms with Crippen molar-refractivity contribution in [1.29, 1.82) is 0 Å². The highest BCUT2D eigenvalue weighted by atomic mass is 79.9. The number of nitrogens with zero attached hydrogens (tertiary/aromatic N) is 1. The van der Waals surface area contributed by atoms with Crippen LogP contribution >= 0.6 is 43.2 Å². The van der Waals surface area contributed by atoms with E-state index < -0.39 is 11.7 Å². The van der Waals surface area contributed by atoms with Gasteiger partial charge in [-0.1, -0.05) is 22.0 Å². The van der Waals surface area contributed by atoms with E-state index in [4.69, 9.17) is 0 Å². The molecule has 0 aliphatic heterocycles. The van der Waals surface area contributed by atoms with Gasteiger partial charge in [0.05, 0.1) is 9.35 Å². The van der Waals surface area contributed by atoms with Crippen LogP contribution in [-0.4, -0.2) is 7.05 Å². The molecule has 114 valence electrons. The molecule has 0 bridgehead atoms. The Morgan fingerprint density at radius 1 is 1.24 bits per heavy atom. The topological polar surface area (TPSA) is 3.24 Å². The van der Waals surface area contributed by atoms with Crippen LogP contribution in [0.2, 0.25) is 0 Å². The van der Waals surface area contributed by atoms with Gasteiger partial charge in [-0.3, -0.25) is 0 Å². The molecule has 0 fully saturated rings. The maximum atomic E-state index is 13.1. The SMILES string of the molecule is CN(Cc1csc(Br)c1)c1ccc(CBr)c(C(F)(F)F)c1. The van der Waals surface area contributed by atoms with Crippen LogP contribution in [0.5, 0.6) is 0 Å². The summed E-state index contributed by atoms with van der Waals surface area (Å²) in [5.74, 6) is 0. The zero-order valence-corrected chi connectivity index (χ0v) is 15.0. The number of anilines is 1. The van der Waals surface area contributed by atoms with Crippen LogP contribution in [0.3, 0.4) is 0 Å². The Bertz CT molecular complexity index is 625. The van der Waals surface area contributed by atoms with Gasteiger partial charge in [-0.15, -0.1) is 11.3 Å². The highest BCUT2D eigenvalue weighted by molar-refractivity contribution is 9.11. The van der Waals surface area contributed by atoms with Gasteiger partial charge in [0.15, 0.2) is 0 Å². The summed E-state index contributed by atoms with van der Waals surface area (Å²) in [5.41, 5.74) is 1.27. The molecule has 0 N–H and O–H groups in total. The van der Waals surface area contributed by atoms with Crippen molar-refractivity contribution < 1.29 is 13.2 Å². The van der Waals surface area contributed by atoms with Crippen molar-refractivity contribution in [1.82, 2.24) is 0 Å². The first-order chi connectivity index (χ1) is 9.81. The van der Waals surface area contributed by atoms with Crippen LogP contribution in [0, 0.1) is 0 Å². The predicted octanol–water partition coefficient (Wildman–Crippen LogP) is 6.06. The van der Waals surface area contributed by atoms with Crippen molar-refractivity contribution in [2.45, 2.75) is 18.1 Å². The van der Waals surface area contributed by atoms with E-state index in [1.165, 1.54) is 12.1 Å². The molecule has 0 amide bonds. The molecule has 1 aromatic heterocycles. The predicted molar refractivity (Wildman–Crippen MR) is 88.2 cm³/mol. The van der Waals surface area contributed by atoms with Gasteiger partial charge in [-0.2, -0.15) is 13.2 Å². The van der Waals surface area contributed by atoms with Gasteiger partial charge in [-0.25, -0.2) is 0 Å². The third-order valence-corrected chi connectivity index (χ3v) is 5.18. The summed E-state index contributed by atoms with van der Waals surface area (Å²) in [7, 11) is 1.79. The molecule has 0 spiro atoms. The summed E-state index contributed by atoms with van der Waals surface area (Å²) in [6, 6.07) is 6.41. The minimum Gasteiger partial charge on any atom is -0.370 e. The molecule has 21 heavy (non-hydrogen) atoms. The van der Waals surface area contributed by atoms with Gasteiger partial charge in [0.2, 0.25) is 0 Å². The summed E-state index contributed by atoms with van der Waals surface area (Å²) >= 11 is 8.04. The van der Waals surface area contributed by atoms with Crippen LogP contribution in [0.15, 0.2) is 33.4 Å². The summed E-state index contributed by atoms with van der Waals surface area (Å²) < 4.78 is 40.2. The Kier molecular flexibility index (Phi) is 5.38. The molecule has 2 rings (SSSR count). The number of hydrogen-bond acceptors (Lipinski definition) is 2. The molecule has 0 aliphatic rings. The van der Waals surface area contributed by atoms with E-state index >= 15 is 0 Å². The normalized spacial score (nSPS) is 11.7. The lowest BCUT2D eigenvalue weighted by atomic mass is 10.1. The maximum Gasteiger partial charge on any atom is 0.416 e. The Morgan fingerprint density at radius 3 is 2.48 bits per heavy atom. The lowest BCUT2D eigenvalue weighted by Crippen LogP contribution is -2.17. The third-order valence-electron chi connectivity index (χ3n) is 3.03. The van der Waals surface area contributed by atoms with E-state index in [9.17, 15) is 13.2 Å². The minimum absolute atomic E-state index is 0.184. The molecule has 1 aromatic carbocycles. The number of benzene rings is 1. The first-order valence-electron chi connectivity index (χ1n) is 6.01. The number of halogens is 5. The van der Waals surface area contributed by atoms with E-state index in [2.05, 4.69) is 31.9 Å². The molecule has 0 radical (unpaired) electrons. The second-order valence-electron chi connectivity index (χ2n) is 4.59. The van der Waals surface area contributed by atoms with Crippen LogP contribution in [0.25, 0.3) is 0 Å². The number of thiophene rings is 1. The summed E-state index contributed by atoms with van der Waals surface area (Å²) in [6.07, 6.45) is -4.34. The first-order valence-corrected chi connectivity index (χ1v) is 8.81. The first kappa shape index (κ1) is 16.8. The average Bonchev–Trinajstić information content (AvgIpc) is 2.82. The fourth-order valence-corrected chi connectivity index (χ4v) is 3.67. The lowest BCUT2D eigenvalue weighted by Gasteiger charge is -2.21. The van der Waals surface area contributed by atoms with Crippen LogP contribution in [0.4, 0.5) is 18.9 Å². The zero-order valence-electron chi connectivity index (χ0n) is 11.0. The fourth-order valence-electron chi connectivity index (χ4n) is 1.98. The molecule has 1 heterocycles. The van der Waals surface area contributed by atoms with Crippen molar-refractivity contribution >= 4 is 48.9 Å². The molecule has 0 atom stereocenters. The number of hydrogen-bond donors (Lipinski definition) is 0. The Balaban J connectivity index is 2.27. The van der Waals surface area contributed by atoms with E-state index in [0.29, 0.717) is 12.2 Å². The van der Waals surface area contributed by atoms with Crippen molar-refractivity contribution in [2.24, 2.45) is 0 Å². The molecule has 0 saturated carbocycles. The summed E-state index contributed by atoms with van der Waals surface area (Å²) in [6.45, 7) is 0.563. The van der Waals surface area contributed by atoms with Crippen molar-refractivity contribution in [3.63, 3.8) is 0 Å². The van der Waals surface area contributed by atoms with Crippen molar-refractivity contribution in [3.05, 3.63) is 50.1 Å². The molecular weight excluding hydrogens is 431 g/mol. The van der Waals surface area contributed by atoms with Crippen LogP contribution in [0.1, 0.15) is 16.7 Å². The molecule has 0 unspecified atom stereocenters. The van der Waals surface area contributed by atoms with Gasteiger partial charge in [-0.05, 0) is 50.6 Å². The Hall–Kier alpha value is -0.530. The van der Waals surface area contributed by atoms with Gasteiger partial charge in [0.1, 0.15) is 0 Å². The molecular formula is C14H12Br2F3NS. The van der Waals surface area contributed by atoms with Gasteiger partial charge < -0.3 is 4.90 Å². The van der Waals surface area contributed by atoms with E-state index in [1.807, 2.05) is 16.3 Å². The van der Waals surface area contributed by atoms with E-state index in [1.54, 1.807) is 24.5 Å². The number of alkyl halides is 4. The molecule has 2 aromatic rings. The maximum absolute atomic E-state index is 13.1. The van der Waals surface area contributed by atoms with Crippen LogP contribution < -0.4 is 4.90 Å². The van der Waals surface area contributed by atoms with E-state index in [0.717, 1.165) is 9.35 Å². The standard InChI is InChI=1S/C14H12Br2F3NS/c1-20(7-9-4-13(16)21-8-9)11-3-2-10(6-15)12(5-11)14(17,18)19/h2-5,8H,6-7H2,1H3. The molecule has 1 nitrogen and oxygen atoms in total. The van der Waals surface area contributed by atoms with Crippen LogP contribution in [-0.2, 0) is 18.1 Å². The van der Waals surface area contributed by atoms with Gasteiger partial charge in [0.25, 0.3) is 0 Å². The van der Waals surface area contributed by atoms with Crippen molar-refractivity contribution in [2.75, 3.05) is 11.9 Å². The smallest absolute Gasteiger partial charge is 0.370 e. The molecule has 0 saturated heterocycles. The number of rotatable bonds is 4. The Labute approximate surface area is 142 Å². The minimum atomic E-state index is -4.34. The summed E-state index contributed by atoms with van der Waals surface area (Å²) in [4.78, 5) is 1.81. The average molecular weight is 443 g/mol. The highest BCUT2D eigenvalue weighted by Gasteiger charge is 2.33. The molecule has 0 aliphatic carbocycles. The zero-order chi connectivity index (χ0) is 15.6. The van der Waals surface area contributed by atoms with Crippen molar-refractivity contribution in [3.8, 4) is 0 Å². The quantitative estimate of drug-likeness (QED) is 0.520.